The van der Waals surface area contributed by atoms with Crippen molar-refractivity contribution < 1.29 is 27.1 Å². The molecule has 0 unspecified atom stereocenters. The van der Waals surface area contributed by atoms with Crippen LogP contribution in [0.5, 0.6) is 0 Å². The molecule has 0 aromatic carbocycles. The van der Waals surface area contributed by atoms with E-state index >= 15 is 0 Å². The molecule has 0 aromatic rings. The van der Waals surface area contributed by atoms with Crippen molar-refractivity contribution in [2.24, 2.45) is 5.92 Å². The Kier molecular flexibility index (Phi) is 4.07. The largest absolute Gasteiger partial charge is 0.367 e. The third kappa shape index (κ3) is 3.44. The molecular formula is C9H12F4O2. The minimum atomic E-state index is -4.17. The molecule has 0 N–H and O–H groups in total. The SMILES string of the molecule is O=C(COCC(F)(F)C(F)F)C1CCC1. The Labute approximate surface area is 84.6 Å². The van der Waals surface area contributed by atoms with Gasteiger partial charge in [0.1, 0.15) is 13.2 Å². The summed E-state index contributed by atoms with van der Waals surface area (Å²) in [7, 11) is 0. The maximum atomic E-state index is 12.3. The Morgan fingerprint density at radius 3 is 2.40 bits per heavy atom. The fourth-order valence-electron chi connectivity index (χ4n) is 1.20. The topological polar surface area (TPSA) is 26.3 Å². The van der Waals surface area contributed by atoms with Crippen molar-refractivity contribution in [2.75, 3.05) is 13.2 Å². The summed E-state index contributed by atoms with van der Waals surface area (Å²) in [6.07, 6.45) is -1.32. The van der Waals surface area contributed by atoms with E-state index in [-0.39, 0.29) is 11.7 Å². The van der Waals surface area contributed by atoms with Gasteiger partial charge in [0.15, 0.2) is 5.78 Å². The second kappa shape index (κ2) is 4.92. The first kappa shape index (κ1) is 12.4. The average molecular weight is 228 g/mol. The van der Waals surface area contributed by atoms with E-state index in [9.17, 15) is 22.4 Å². The van der Waals surface area contributed by atoms with Crippen molar-refractivity contribution >= 4 is 5.78 Å². The Balaban J connectivity index is 2.17. The molecule has 6 heteroatoms. The number of carbonyl (C=O) groups excluding carboxylic acids is 1. The van der Waals surface area contributed by atoms with E-state index < -0.39 is 25.6 Å². The standard InChI is InChI=1S/C9H12F4O2/c10-8(11)9(12,13)5-15-4-7(14)6-2-1-3-6/h6,8H,1-5H2. The number of Topliss-reactive ketones (excluding diaryl/α,β-unsaturated/α-hetero) is 1. The van der Waals surface area contributed by atoms with E-state index in [4.69, 9.17) is 0 Å². The van der Waals surface area contributed by atoms with Crippen molar-refractivity contribution in [3.63, 3.8) is 0 Å². The molecule has 1 saturated carbocycles. The van der Waals surface area contributed by atoms with Crippen molar-refractivity contribution in [2.45, 2.75) is 31.6 Å². The van der Waals surface area contributed by atoms with Crippen LogP contribution in [-0.4, -0.2) is 31.3 Å². The van der Waals surface area contributed by atoms with Gasteiger partial charge in [-0.25, -0.2) is 8.78 Å². The molecule has 2 nitrogen and oxygen atoms in total. The Morgan fingerprint density at radius 2 is 2.00 bits per heavy atom. The van der Waals surface area contributed by atoms with Crippen LogP contribution in [0.25, 0.3) is 0 Å². The van der Waals surface area contributed by atoms with Gasteiger partial charge in [0, 0.05) is 5.92 Å². The van der Waals surface area contributed by atoms with Crippen LogP contribution in [-0.2, 0) is 9.53 Å². The highest BCUT2D eigenvalue weighted by atomic mass is 19.3. The third-order valence-electron chi connectivity index (χ3n) is 2.42. The van der Waals surface area contributed by atoms with Crippen LogP contribution in [0, 0.1) is 5.92 Å². The number of halogens is 4. The molecule has 1 aliphatic rings. The maximum absolute atomic E-state index is 12.3. The zero-order valence-corrected chi connectivity index (χ0v) is 8.02. The first-order valence-electron chi connectivity index (χ1n) is 4.70. The lowest BCUT2D eigenvalue weighted by atomic mass is 9.82. The fraction of sp³-hybridized carbons (Fsp3) is 0.889. The van der Waals surface area contributed by atoms with Gasteiger partial charge in [0.2, 0.25) is 0 Å². The maximum Gasteiger partial charge on any atom is 0.330 e. The summed E-state index contributed by atoms with van der Waals surface area (Å²) in [5, 5.41) is 0. The van der Waals surface area contributed by atoms with Gasteiger partial charge >= 0.3 is 12.3 Å². The van der Waals surface area contributed by atoms with Gasteiger partial charge in [0.05, 0.1) is 0 Å². The molecule has 1 rings (SSSR count). The van der Waals surface area contributed by atoms with E-state index in [0.717, 1.165) is 19.3 Å². The van der Waals surface area contributed by atoms with E-state index in [0.29, 0.717) is 0 Å². The predicted molar refractivity (Wildman–Crippen MR) is 44.1 cm³/mol. The molecule has 1 aliphatic carbocycles. The van der Waals surface area contributed by atoms with E-state index in [1.807, 2.05) is 0 Å². The van der Waals surface area contributed by atoms with Gasteiger partial charge in [-0.2, -0.15) is 8.78 Å². The highest BCUT2D eigenvalue weighted by molar-refractivity contribution is 5.82. The molecule has 15 heavy (non-hydrogen) atoms. The summed E-state index contributed by atoms with van der Waals surface area (Å²) in [5.74, 6) is -4.56. The lowest BCUT2D eigenvalue weighted by Gasteiger charge is -2.24. The number of hydrogen-bond donors (Lipinski definition) is 0. The van der Waals surface area contributed by atoms with Gasteiger partial charge in [-0.15, -0.1) is 0 Å². The first-order chi connectivity index (χ1) is 6.93. The predicted octanol–water partition coefficient (Wildman–Crippen LogP) is 2.27. The summed E-state index contributed by atoms with van der Waals surface area (Å²) < 4.78 is 52.2. The van der Waals surface area contributed by atoms with Gasteiger partial charge < -0.3 is 4.74 Å². The first-order valence-corrected chi connectivity index (χ1v) is 4.70. The van der Waals surface area contributed by atoms with Gasteiger partial charge in [-0.3, -0.25) is 4.79 Å². The number of hydrogen-bond acceptors (Lipinski definition) is 2. The zero-order chi connectivity index (χ0) is 11.5. The van der Waals surface area contributed by atoms with Crippen molar-refractivity contribution in [1.29, 1.82) is 0 Å². The van der Waals surface area contributed by atoms with Crippen molar-refractivity contribution in [3.8, 4) is 0 Å². The van der Waals surface area contributed by atoms with Crippen LogP contribution in [0.4, 0.5) is 17.6 Å². The Morgan fingerprint density at radius 1 is 1.40 bits per heavy atom. The minimum Gasteiger partial charge on any atom is -0.367 e. The summed E-state index contributed by atoms with van der Waals surface area (Å²) >= 11 is 0. The molecule has 1 fully saturated rings. The van der Waals surface area contributed by atoms with Crippen LogP contribution in [0.3, 0.4) is 0 Å². The number of rotatable bonds is 6. The summed E-state index contributed by atoms with van der Waals surface area (Å²) in [4.78, 5) is 11.1. The zero-order valence-electron chi connectivity index (χ0n) is 8.02. The molecule has 0 bridgehead atoms. The molecule has 0 radical (unpaired) electrons. The number of carbonyl (C=O) groups is 1. The molecule has 0 saturated heterocycles. The fourth-order valence-corrected chi connectivity index (χ4v) is 1.20. The normalized spacial score (nSPS) is 17.9. The number of alkyl halides is 4. The summed E-state index contributed by atoms with van der Waals surface area (Å²) in [5.41, 5.74) is 0. The number of ketones is 1. The lowest BCUT2D eigenvalue weighted by Crippen LogP contribution is -2.34. The average Bonchev–Trinajstić information content (AvgIpc) is 1.99. The van der Waals surface area contributed by atoms with Crippen molar-refractivity contribution in [1.82, 2.24) is 0 Å². The smallest absolute Gasteiger partial charge is 0.330 e. The molecule has 0 aromatic heterocycles. The van der Waals surface area contributed by atoms with Crippen LogP contribution in [0.1, 0.15) is 19.3 Å². The molecule has 0 aliphatic heterocycles. The molecule has 0 amide bonds. The van der Waals surface area contributed by atoms with Crippen LogP contribution in [0.15, 0.2) is 0 Å². The molecule has 88 valence electrons. The van der Waals surface area contributed by atoms with Crippen LogP contribution in [0.2, 0.25) is 0 Å². The van der Waals surface area contributed by atoms with Crippen molar-refractivity contribution in [3.05, 3.63) is 0 Å². The third-order valence-corrected chi connectivity index (χ3v) is 2.42. The molecule has 0 heterocycles. The Bertz CT molecular complexity index is 226. The monoisotopic (exact) mass is 228 g/mol. The Hall–Kier alpha value is -0.650. The second-order valence-electron chi connectivity index (χ2n) is 3.65. The lowest BCUT2D eigenvalue weighted by molar-refractivity contribution is -0.169. The molecule has 0 spiro atoms. The summed E-state index contributed by atoms with van der Waals surface area (Å²) in [6, 6.07) is 0. The minimum absolute atomic E-state index is 0.120. The highest BCUT2D eigenvalue weighted by Crippen LogP contribution is 2.27. The van der Waals surface area contributed by atoms with E-state index in [2.05, 4.69) is 4.74 Å². The van der Waals surface area contributed by atoms with E-state index in [1.165, 1.54) is 0 Å². The molecule has 0 atom stereocenters. The van der Waals surface area contributed by atoms with E-state index in [1.54, 1.807) is 0 Å². The summed E-state index contributed by atoms with van der Waals surface area (Å²) in [6.45, 7) is -1.89. The van der Waals surface area contributed by atoms with Crippen LogP contribution < -0.4 is 0 Å². The quantitative estimate of drug-likeness (QED) is 0.652. The van der Waals surface area contributed by atoms with Crippen LogP contribution >= 0.6 is 0 Å². The second-order valence-corrected chi connectivity index (χ2v) is 3.65. The van der Waals surface area contributed by atoms with Gasteiger partial charge in [-0.05, 0) is 12.8 Å². The number of ether oxygens (including phenoxy) is 1. The highest BCUT2D eigenvalue weighted by Gasteiger charge is 2.41. The van der Waals surface area contributed by atoms with Gasteiger partial charge in [0.25, 0.3) is 0 Å². The van der Waals surface area contributed by atoms with Gasteiger partial charge in [-0.1, -0.05) is 6.42 Å². The molecular weight excluding hydrogens is 216 g/mol.